The maximum atomic E-state index is 11.2. The first-order chi connectivity index (χ1) is 8.24. The van der Waals surface area contributed by atoms with Crippen molar-refractivity contribution in [1.29, 1.82) is 0 Å². The van der Waals surface area contributed by atoms with Crippen molar-refractivity contribution in [2.75, 3.05) is 12.4 Å². The van der Waals surface area contributed by atoms with Crippen molar-refractivity contribution in [3.63, 3.8) is 0 Å². The Morgan fingerprint density at radius 2 is 1.94 bits per heavy atom. The molecule has 0 amide bonds. The summed E-state index contributed by atoms with van der Waals surface area (Å²) < 4.78 is 0. The quantitative estimate of drug-likeness (QED) is 0.635. The van der Waals surface area contributed by atoms with Gasteiger partial charge in [0.15, 0.2) is 0 Å². The topological polar surface area (TPSA) is 49.3 Å². The van der Waals surface area contributed by atoms with Crippen LogP contribution in [0.1, 0.15) is 21.5 Å². The predicted molar refractivity (Wildman–Crippen MR) is 77.9 cm³/mol. The molecule has 0 atom stereocenters. The van der Waals surface area contributed by atoms with Crippen LogP contribution < -0.4 is 5.32 Å². The van der Waals surface area contributed by atoms with Crippen LogP contribution in [0.25, 0.3) is 0 Å². The van der Waals surface area contributed by atoms with E-state index in [9.17, 15) is 9.90 Å². The second-order valence-electron chi connectivity index (χ2n) is 5.25. The van der Waals surface area contributed by atoms with Crippen LogP contribution in [0, 0.1) is 18.4 Å². The van der Waals surface area contributed by atoms with Gasteiger partial charge in [-0.3, -0.25) is 0 Å². The first kappa shape index (κ1) is 14.3. The molecule has 1 rings (SSSR count). The number of anilines is 1. The summed E-state index contributed by atoms with van der Waals surface area (Å²) in [7, 11) is 0.306. The Morgan fingerprint density at radius 1 is 1.33 bits per heavy atom. The van der Waals surface area contributed by atoms with Gasteiger partial charge in [-0.15, -0.1) is 5.54 Å². The van der Waals surface area contributed by atoms with Crippen molar-refractivity contribution < 1.29 is 9.90 Å². The van der Waals surface area contributed by atoms with Crippen LogP contribution >= 0.6 is 0 Å². The van der Waals surface area contributed by atoms with Gasteiger partial charge in [-0.2, -0.15) is 0 Å². The number of hydrogen-bond donors (Lipinski definition) is 2. The summed E-state index contributed by atoms with van der Waals surface area (Å²) >= 11 is 0. The van der Waals surface area contributed by atoms with Crippen LogP contribution in [-0.2, 0) is 0 Å². The molecule has 0 aliphatic heterocycles. The predicted octanol–water partition coefficient (Wildman–Crippen LogP) is 2.96. The van der Waals surface area contributed by atoms with Crippen LogP contribution in [-0.4, -0.2) is 26.2 Å². The minimum Gasteiger partial charge on any atom is -0.478 e. The van der Waals surface area contributed by atoms with E-state index in [1.807, 2.05) is 6.07 Å². The Hall–Kier alpha value is -1.73. The summed E-state index contributed by atoms with van der Waals surface area (Å²) in [5.41, 5.74) is 5.87. The molecule has 0 unspecified atom stereocenters. The van der Waals surface area contributed by atoms with Crippen molar-refractivity contribution >= 4 is 19.7 Å². The number of benzene rings is 1. The van der Waals surface area contributed by atoms with Gasteiger partial charge < -0.3 is 10.4 Å². The summed E-state index contributed by atoms with van der Waals surface area (Å²) in [6.07, 6.45) is 0. The van der Waals surface area contributed by atoms with E-state index in [1.165, 1.54) is 0 Å². The Labute approximate surface area is 109 Å². The van der Waals surface area contributed by atoms with E-state index in [4.69, 9.17) is 0 Å². The fourth-order valence-electron chi connectivity index (χ4n) is 1.47. The first-order valence-corrected chi connectivity index (χ1v) is 9.33. The van der Waals surface area contributed by atoms with Crippen molar-refractivity contribution in [1.82, 2.24) is 0 Å². The van der Waals surface area contributed by atoms with E-state index in [-0.39, 0.29) is 0 Å². The van der Waals surface area contributed by atoms with Crippen LogP contribution in [0.4, 0.5) is 5.69 Å². The van der Waals surface area contributed by atoms with E-state index in [1.54, 1.807) is 20.0 Å². The standard InChI is InChI=1S/C14H19NO2Si/c1-10-11(6-7-18(3,4)5)8-12(15-2)9-13(10)14(16)17/h8-9,15H,1-5H3,(H,16,17). The second kappa shape index (κ2) is 5.28. The minimum atomic E-state index is -1.46. The summed E-state index contributed by atoms with van der Waals surface area (Å²) in [5, 5.41) is 12.1. The maximum Gasteiger partial charge on any atom is 0.336 e. The molecule has 96 valence electrons. The second-order valence-corrected chi connectivity index (χ2v) is 10.0. The Morgan fingerprint density at radius 3 is 2.39 bits per heavy atom. The van der Waals surface area contributed by atoms with Gasteiger partial charge in [-0.05, 0) is 24.6 Å². The molecule has 0 saturated heterocycles. The van der Waals surface area contributed by atoms with Crippen LogP contribution in [0.2, 0.25) is 19.6 Å². The molecule has 18 heavy (non-hydrogen) atoms. The van der Waals surface area contributed by atoms with Crippen molar-refractivity contribution in [3.8, 4) is 11.5 Å². The zero-order valence-electron chi connectivity index (χ0n) is 11.5. The summed E-state index contributed by atoms with van der Waals surface area (Å²) in [4.78, 5) is 11.2. The Balaban J connectivity index is 3.38. The van der Waals surface area contributed by atoms with E-state index in [2.05, 4.69) is 36.4 Å². The van der Waals surface area contributed by atoms with Gasteiger partial charge in [0.25, 0.3) is 0 Å². The van der Waals surface area contributed by atoms with Crippen LogP contribution in [0.15, 0.2) is 12.1 Å². The monoisotopic (exact) mass is 261 g/mol. The Kier molecular flexibility index (Phi) is 4.20. The van der Waals surface area contributed by atoms with Gasteiger partial charge in [0.1, 0.15) is 8.07 Å². The van der Waals surface area contributed by atoms with Crippen molar-refractivity contribution in [3.05, 3.63) is 28.8 Å². The lowest BCUT2D eigenvalue weighted by atomic mass is 10.0. The van der Waals surface area contributed by atoms with Gasteiger partial charge >= 0.3 is 5.97 Å². The Bertz CT molecular complexity index is 533. The third-order valence-electron chi connectivity index (χ3n) is 2.50. The lowest BCUT2D eigenvalue weighted by molar-refractivity contribution is 0.0696. The van der Waals surface area contributed by atoms with Crippen molar-refractivity contribution in [2.24, 2.45) is 0 Å². The fourth-order valence-corrected chi connectivity index (χ4v) is 1.98. The molecule has 2 N–H and O–H groups in total. The summed E-state index contributed by atoms with van der Waals surface area (Å²) in [5.74, 6) is 2.22. The maximum absolute atomic E-state index is 11.2. The molecule has 0 aromatic heterocycles. The molecule has 0 spiro atoms. The number of aromatic carboxylic acids is 1. The van der Waals surface area contributed by atoms with Crippen molar-refractivity contribution in [2.45, 2.75) is 26.6 Å². The highest BCUT2D eigenvalue weighted by Crippen LogP contribution is 2.20. The summed E-state index contributed by atoms with van der Waals surface area (Å²) in [6, 6.07) is 3.53. The molecule has 0 fully saturated rings. The van der Waals surface area contributed by atoms with Gasteiger partial charge in [-0.1, -0.05) is 25.6 Å². The number of rotatable bonds is 2. The third kappa shape index (κ3) is 3.64. The SMILES string of the molecule is CNc1cc(C#C[Si](C)(C)C)c(C)c(C(=O)O)c1. The van der Waals surface area contributed by atoms with Gasteiger partial charge in [0.2, 0.25) is 0 Å². The smallest absolute Gasteiger partial charge is 0.336 e. The molecule has 1 aromatic rings. The van der Waals surface area contributed by atoms with E-state index < -0.39 is 14.0 Å². The van der Waals surface area contributed by atoms with E-state index in [0.29, 0.717) is 5.56 Å². The number of carboxylic acid groups (broad SMARTS) is 1. The third-order valence-corrected chi connectivity index (χ3v) is 3.37. The molecular weight excluding hydrogens is 242 g/mol. The molecule has 0 bridgehead atoms. The number of hydrogen-bond acceptors (Lipinski definition) is 2. The molecule has 0 heterocycles. The average molecular weight is 261 g/mol. The van der Waals surface area contributed by atoms with Gasteiger partial charge in [-0.25, -0.2) is 4.79 Å². The average Bonchev–Trinajstić information content (AvgIpc) is 2.26. The van der Waals surface area contributed by atoms with E-state index >= 15 is 0 Å². The highest BCUT2D eigenvalue weighted by Gasteiger charge is 2.12. The fraction of sp³-hybridized carbons (Fsp3) is 0.357. The molecule has 0 saturated carbocycles. The lowest BCUT2D eigenvalue weighted by Gasteiger charge is -2.09. The minimum absolute atomic E-state index is 0.307. The molecule has 4 heteroatoms. The molecule has 0 aliphatic rings. The first-order valence-electron chi connectivity index (χ1n) is 5.83. The molecule has 0 aliphatic carbocycles. The molecular formula is C14H19NO2Si. The molecule has 3 nitrogen and oxygen atoms in total. The largest absolute Gasteiger partial charge is 0.478 e. The number of carbonyl (C=O) groups is 1. The zero-order valence-corrected chi connectivity index (χ0v) is 12.5. The summed E-state index contributed by atoms with van der Waals surface area (Å²) in [6.45, 7) is 8.29. The van der Waals surface area contributed by atoms with Gasteiger partial charge in [0.05, 0.1) is 5.56 Å². The number of nitrogens with one attached hydrogen (secondary N) is 1. The molecule has 0 radical (unpaired) electrons. The lowest BCUT2D eigenvalue weighted by Crippen LogP contribution is -2.16. The molecule has 1 aromatic carbocycles. The normalized spacial score (nSPS) is 10.5. The number of carboxylic acids is 1. The zero-order chi connectivity index (χ0) is 13.9. The van der Waals surface area contributed by atoms with Crippen LogP contribution in [0.5, 0.6) is 0 Å². The van der Waals surface area contributed by atoms with Crippen LogP contribution in [0.3, 0.4) is 0 Å². The van der Waals surface area contributed by atoms with E-state index in [0.717, 1.165) is 16.8 Å². The highest BCUT2D eigenvalue weighted by atomic mass is 28.3. The highest BCUT2D eigenvalue weighted by molar-refractivity contribution is 6.83. The van der Waals surface area contributed by atoms with Gasteiger partial charge in [0, 0.05) is 18.3 Å².